The van der Waals surface area contributed by atoms with E-state index in [0.29, 0.717) is 29.2 Å². The Morgan fingerprint density at radius 3 is 2.40 bits per heavy atom. The summed E-state index contributed by atoms with van der Waals surface area (Å²) in [5, 5.41) is 4.08. The van der Waals surface area contributed by atoms with E-state index in [0.717, 1.165) is 22.1 Å². The van der Waals surface area contributed by atoms with Crippen molar-refractivity contribution >= 4 is 27.5 Å². The van der Waals surface area contributed by atoms with E-state index >= 15 is 0 Å². The van der Waals surface area contributed by atoms with Crippen molar-refractivity contribution in [3.05, 3.63) is 56.8 Å². The Kier molecular flexibility index (Phi) is 9.28. The van der Waals surface area contributed by atoms with E-state index in [1.165, 1.54) is 57.1 Å². The standard InChI is InChI=1S/C24H30BrClFNO2/c1-2-29-23-12-18(15-28-20-8-6-4-3-5-7-9-20)21(25)14-24(23)30-16-17-10-11-19(27)13-22(17)26/h10-14,20,28H,2-9,15-16H2,1H3. The Bertz CT molecular complexity index is 825. The van der Waals surface area contributed by atoms with Crippen LogP contribution in [-0.2, 0) is 13.2 Å². The first-order chi connectivity index (χ1) is 14.6. The lowest BCUT2D eigenvalue weighted by Gasteiger charge is -2.22. The van der Waals surface area contributed by atoms with Gasteiger partial charge in [0.05, 0.1) is 11.6 Å². The normalized spacial score (nSPS) is 15.5. The van der Waals surface area contributed by atoms with Crippen LogP contribution in [0.15, 0.2) is 34.8 Å². The zero-order valence-electron chi connectivity index (χ0n) is 17.5. The Labute approximate surface area is 192 Å². The molecule has 164 valence electrons. The SMILES string of the molecule is CCOc1cc(CNC2CCCCCCC2)c(Br)cc1OCc1ccc(F)cc1Cl. The van der Waals surface area contributed by atoms with Gasteiger partial charge in [0.15, 0.2) is 11.5 Å². The fourth-order valence-corrected chi connectivity index (χ4v) is 4.49. The molecule has 1 fully saturated rings. The minimum absolute atomic E-state index is 0.241. The number of ether oxygens (including phenoxy) is 2. The summed E-state index contributed by atoms with van der Waals surface area (Å²) >= 11 is 9.81. The van der Waals surface area contributed by atoms with Crippen molar-refractivity contribution in [2.75, 3.05) is 6.61 Å². The maximum absolute atomic E-state index is 13.3. The molecule has 1 aliphatic rings. The zero-order chi connectivity index (χ0) is 21.3. The van der Waals surface area contributed by atoms with Gasteiger partial charge in [0, 0.05) is 22.6 Å². The van der Waals surface area contributed by atoms with Crippen LogP contribution in [0.2, 0.25) is 5.02 Å². The lowest BCUT2D eigenvalue weighted by atomic mass is 9.96. The molecule has 3 rings (SSSR count). The molecule has 0 unspecified atom stereocenters. The van der Waals surface area contributed by atoms with Gasteiger partial charge in [-0.3, -0.25) is 0 Å². The second kappa shape index (κ2) is 11.9. The molecule has 0 atom stereocenters. The monoisotopic (exact) mass is 497 g/mol. The fraction of sp³-hybridized carbons (Fsp3) is 0.500. The predicted molar refractivity (Wildman–Crippen MR) is 124 cm³/mol. The Morgan fingerprint density at radius 2 is 1.70 bits per heavy atom. The van der Waals surface area contributed by atoms with Crippen LogP contribution in [0.4, 0.5) is 4.39 Å². The molecule has 0 heterocycles. The van der Waals surface area contributed by atoms with Crippen molar-refractivity contribution in [2.45, 2.75) is 71.1 Å². The molecule has 3 nitrogen and oxygen atoms in total. The van der Waals surface area contributed by atoms with Gasteiger partial charge in [-0.2, -0.15) is 0 Å². The second-order valence-electron chi connectivity index (χ2n) is 7.77. The van der Waals surface area contributed by atoms with Gasteiger partial charge in [-0.05, 0) is 49.6 Å². The van der Waals surface area contributed by atoms with Gasteiger partial charge in [-0.25, -0.2) is 4.39 Å². The average molecular weight is 499 g/mol. The van der Waals surface area contributed by atoms with Gasteiger partial charge in [0.1, 0.15) is 12.4 Å². The number of hydrogen-bond donors (Lipinski definition) is 1. The molecule has 0 aromatic heterocycles. The van der Waals surface area contributed by atoms with Crippen molar-refractivity contribution in [3.8, 4) is 11.5 Å². The molecule has 0 aliphatic heterocycles. The molecule has 6 heteroatoms. The van der Waals surface area contributed by atoms with Crippen molar-refractivity contribution < 1.29 is 13.9 Å². The molecule has 1 saturated carbocycles. The minimum Gasteiger partial charge on any atom is -0.490 e. The molecule has 1 aliphatic carbocycles. The van der Waals surface area contributed by atoms with Crippen LogP contribution in [-0.4, -0.2) is 12.6 Å². The van der Waals surface area contributed by atoms with Gasteiger partial charge in [0.2, 0.25) is 0 Å². The van der Waals surface area contributed by atoms with E-state index in [9.17, 15) is 4.39 Å². The highest BCUT2D eigenvalue weighted by Crippen LogP contribution is 2.35. The van der Waals surface area contributed by atoms with Crippen LogP contribution in [0.3, 0.4) is 0 Å². The topological polar surface area (TPSA) is 30.5 Å². The van der Waals surface area contributed by atoms with Gasteiger partial charge < -0.3 is 14.8 Å². The summed E-state index contributed by atoms with van der Waals surface area (Å²) in [6.07, 6.45) is 9.18. The van der Waals surface area contributed by atoms with E-state index in [-0.39, 0.29) is 12.4 Å². The summed E-state index contributed by atoms with van der Waals surface area (Å²) in [4.78, 5) is 0. The van der Waals surface area contributed by atoms with Crippen LogP contribution in [0, 0.1) is 5.82 Å². The third-order valence-corrected chi connectivity index (χ3v) is 6.59. The van der Waals surface area contributed by atoms with Crippen molar-refractivity contribution in [1.29, 1.82) is 0 Å². The maximum atomic E-state index is 13.3. The summed E-state index contributed by atoms with van der Waals surface area (Å²) < 4.78 is 26.0. The smallest absolute Gasteiger partial charge is 0.162 e. The number of hydrogen-bond acceptors (Lipinski definition) is 3. The van der Waals surface area contributed by atoms with E-state index in [2.05, 4.69) is 21.2 Å². The summed E-state index contributed by atoms with van der Waals surface area (Å²) in [5.74, 6) is 0.981. The molecule has 0 amide bonds. The lowest BCUT2D eigenvalue weighted by Crippen LogP contribution is -2.29. The Morgan fingerprint density at radius 1 is 1.00 bits per heavy atom. The van der Waals surface area contributed by atoms with Gasteiger partial charge in [0.25, 0.3) is 0 Å². The molecule has 30 heavy (non-hydrogen) atoms. The number of benzene rings is 2. The average Bonchev–Trinajstić information content (AvgIpc) is 2.69. The third kappa shape index (κ3) is 6.86. The molecule has 0 bridgehead atoms. The van der Waals surface area contributed by atoms with Crippen molar-refractivity contribution in [1.82, 2.24) is 5.32 Å². The van der Waals surface area contributed by atoms with Gasteiger partial charge in [-0.1, -0.05) is 65.7 Å². The Balaban J connectivity index is 1.68. The molecule has 0 radical (unpaired) electrons. The summed E-state index contributed by atoms with van der Waals surface area (Å²) in [5.41, 5.74) is 1.87. The van der Waals surface area contributed by atoms with Gasteiger partial charge in [-0.15, -0.1) is 0 Å². The van der Waals surface area contributed by atoms with Gasteiger partial charge >= 0.3 is 0 Å². The quantitative estimate of drug-likeness (QED) is 0.411. The highest BCUT2D eigenvalue weighted by molar-refractivity contribution is 9.10. The van der Waals surface area contributed by atoms with Crippen LogP contribution < -0.4 is 14.8 Å². The summed E-state index contributed by atoms with van der Waals surface area (Å²) in [7, 11) is 0. The molecular formula is C24H30BrClFNO2. The summed E-state index contributed by atoms with van der Waals surface area (Å²) in [6.45, 7) is 3.53. The molecule has 0 saturated heterocycles. The zero-order valence-corrected chi connectivity index (χ0v) is 19.8. The molecular weight excluding hydrogens is 469 g/mol. The number of halogens is 3. The molecule has 0 spiro atoms. The number of nitrogens with one attached hydrogen (secondary N) is 1. The lowest BCUT2D eigenvalue weighted by molar-refractivity contribution is 0.268. The molecule has 1 N–H and O–H groups in total. The molecule has 2 aromatic rings. The fourth-order valence-electron chi connectivity index (χ4n) is 3.80. The van der Waals surface area contributed by atoms with Crippen LogP contribution in [0.25, 0.3) is 0 Å². The molecule has 2 aromatic carbocycles. The first-order valence-electron chi connectivity index (χ1n) is 10.8. The minimum atomic E-state index is -0.359. The second-order valence-corrected chi connectivity index (χ2v) is 9.03. The third-order valence-electron chi connectivity index (χ3n) is 5.50. The van der Waals surface area contributed by atoms with Crippen molar-refractivity contribution in [3.63, 3.8) is 0 Å². The van der Waals surface area contributed by atoms with Crippen LogP contribution in [0.1, 0.15) is 63.0 Å². The van der Waals surface area contributed by atoms with Crippen LogP contribution >= 0.6 is 27.5 Å². The largest absolute Gasteiger partial charge is 0.490 e. The first-order valence-corrected chi connectivity index (χ1v) is 12.0. The van der Waals surface area contributed by atoms with E-state index in [1.54, 1.807) is 6.07 Å². The predicted octanol–water partition coefficient (Wildman–Crippen LogP) is 7.42. The van der Waals surface area contributed by atoms with Crippen LogP contribution in [0.5, 0.6) is 11.5 Å². The highest BCUT2D eigenvalue weighted by atomic mass is 79.9. The number of rotatable bonds is 8. The summed E-state index contributed by atoms with van der Waals surface area (Å²) in [6, 6.07) is 8.87. The maximum Gasteiger partial charge on any atom is 0.162 e. The van der Waals surface area contributed by atoms with E-state index in [4.69, 9.17) is 21.1 Å². The van der Waals surface area contributed by atoms with E-state index in [1.807, 2.05) is 19.1 Å². The Hall–Kier alpha value is -1.30. The van der Waals surface area contributed by atoms with Crippen molar-refractivity contribution in [2.24, 2.45) is 0 Å². The first kappa shape index (κ1) is 23.4. The van der Waals surface area contributed by atoms with E-state index < -0.39 is 0 Å². The highest BCUT2D eigenvalue weighted by Gasteiger charge is 2.15.